The molecule has 1 N–H and O–H groups in total. The fraction of sp³-hybridized carbons (Fsp3) is 0.636. The molecule has 0 spiro atoms. The minimum atomic E-state index is 0.0198. The molecule has 0 aliphatic carbocycles. The Bertz CT molecular complexity index is 768. The van der Waals surface area contributed by atoms with Gasteiger partial charge in [0.1, 0.15) is 11.5 Å². The van der Waals surface area contributed by atoms with Crippen molar-refractivity contribution < 1.29 is 19.1 Å². The molecular weight excluding hydrogens is 370 g/mol. The van der Waals surface area contributed by atoms with Gasteiger partial charge in [-0.05, 0) is 49.3 Å². The summed E-state index contributed by atoms with van der Waals surface area (Å²) in [5, 5.41) is 3.02. The van der Waals surface area contributed by atoms with Crippen LogP contribution in [-0.2, 0) is 16.1 Å². The molecule has 3 saturated heterocycles. The van der Waals surface area contributed by atoms with Crippen LogP contribution in [0.2, 0.25) is 0 Å². The van der Waals surface area contributed by atoms with Crippen LogP contribution in [0.25, 0.3) is 0 Å². The van der Waals surface area contributed by atoms with E-state index in [1.165, 1.54) is 6.42 Å². The van der Waals surface area contributed by atoms with Crippen LogP contribution in [0.5, 0.6) is 11.5 Å². The molecule has 1 aromatic carbocycles. The van der Waals surface area contributed by atoms with Crippen LogP contribution < -0.4 is 14.8 Å². The second-order valence-corrected chi connectivity index (χ2v) is 8.52. The highest BCUT2D eigenvalue weighted by molar-refractivity contribution is 5.78. The molecule has 3 fully saturated rings. The summed E-state index contributed by atoms with van der Waals surface area (Å²) < 4.78 is 10.7. The molecule has 3 heterocycles. The van der Waals surface area contributed by atoms with Crippen molar-refractivity contribution in [1.82, 2.24) is 15.1 Å². The van der Waals surface area contributed by atoms with Crippen molar-refractivity contribution in [3.8, 4) is 11.5 Å². The number of likely N-dealkylation sites (tertiary alicyclic amines) is 1. The van der Waals surface area contributed by atoms with Gasteiger partial charge in [-0.2, -0.15) is 0 Å². The summed E-state index contributed by atoms with van der Waals surface area (Å²) >= 11 is 0. The average molecular weight is 402 g/mol. The van der Waals surface area contributed by atoms with Crippen LogP contribution in [0.4, 0.5) is 0 Å². The summed E-state index contributed by atoms with van der Waals surface area (Å²) in [5.41, 5.74) is 0.895. The third-order valence-electron chi connectivity index (χ3n) is 6.59. The molecular formula is C22H31N3O4. The molecule has 7 nitrogen and oxygen atoms in total. The van der Waals surface area contributed by atoms with Gasteiger partial charge in [0.05, 0.1) is 20.8 Å². The van der Waals surface area contributed by atoms with Gasteiger partial charge in [-0.3, -0.25) is 14.5 Å². The normalized spacial score (nSPS) is 26.6. The van der Waals surface area contributed by atoms with Gasteiger partial charge in [0.15, 0.2) is 0 Å². The maximum absolute atomic E-state index is 12.6. The van der Waals surface area contributed by atoms with E-state index in [1.807, 2.05) is 18.2 Å². The number of piperidine rings is 3. The quantitative estimate of drug-likeness (QED) is 0.785. The first kappa shape index (κ1) is 20.0. The number of amides is 2. The first-order valence-corrected chi connectivity index (χ1v) is 10.6. The third kappa shape index (κ3) is 4.34. The van der Waals surface area contributed by atoms with Crippen molar-refractivity contribution in [2.45, 2.75) is 38.3 Å². The molecule has 29 heavy (non-hydrogen) atoms. The summed E-state index contributed by atoms with van der Waals surface area (Å²) in [4.78, 5) is 29.3. The van der Waals surface area contributed by atoms with Crippen LogP contribution >= 0.6 is 0 Å². The first-order chi connectivity index (χ1) is 14.1. The Morgan fingerprint density at radius 2 is 2.07 bits per heavy atom. The zero-order valence-corrected chi connectivity index (χ0v) is 17.4. The molecule has 7 heteroatoms. The highest BCUT2D eigenvalue weighted by Gasteiger charge is 2.44. The Hall–Kier alpha value is -2.28. The van der Waals surface area contributed by atoms with Gasteiger partial charge >= 0.3 is 0 Å². The third-order valence-corrected chi connectivity index (χ3v) is 6.59. The minimum absolute atomic E-state index is 0.0198. The molecule has 1 aromatic rings. The van der Waals surface area contributed by atoms with E-state index >= 15 is 0 Å². The fourth-order valence-corrected chi connectivity index (χ4v) is 5.31. The average Bonchev–Trinajstić information content (AvgIpc) is 2.72. The minimum Gasteiger partial charge on any atom is -0.497 e. The maximum Gasteiger partial charge on any atom is 0.234 e. The van der Waals surface area contributed by atoms with Gasteiger partial charge in [0.2, 0.25) is 11.8 Å². The largest absolute Gasteiger partial charge is 0.497 e. The van der Waals surface area contributed by atoms with E-state index in [0.29, 0.717) is 43.3 Å². The smallest absolute Gasteiger partial charge is 0.234 e. The summed E-state index contributed by atoms with van der Waals surface area (Å²) in [6, 6.07) is 5.96. The SMILES string of the molecule is COc1ccc(OC)c(CNC(=O)CN2C[C@H]3C[C@H](C2)[C@H]2CCCC(=O)N2C3)c1. The van der Waals surface area contributed by atoms with E-state index < -0.39 is 0 Å². The number of ether oxygens (including phenoxy) is 2. The number of nitrogens with one attached hydrogen (secondary N) is 1. The standard InChI is InChI=1S/C22H31N3O4/c1-28-18-6-7-20(29-2)16(9-18)10-23-21(26)14-24-11-15-8-17(13-24)19-4-3-5-22(27)25(19)12-15/h6-7,9,15,17,19H,3-5,8,10-14H2,1-2H3,(H,23,26)/t15-,17-,19-/m1/s1. The summed E-state index contributed by atoms with van der Waals surface area (Å²) in [6.45, 7) is 3.47. The van der Waals surface area contributed by atoms with E-state index in [9.17, 15) is 9.59 Å². The number of hydrogen-bond donors (Lipinski definition) is 1. The number of carbonyl (C=O) groups excluding carboxylic acids is 2. The Kier molecular flexibility index (Phi) is 5.94. The topological polar surface area (TPSA) is 71.1 Å². The monoisotopic (exact) mass is 401 g/mol. The highest BCUT2D eigenvalue weighted by Crippen LogP contribution is 2.37. The molecule has 0 saturated carbocycles. The highest BCUT2D eigenvalue weighted by atomic mass is 16.5. The number of fused-ring (bicyclic) bond motifs is 4. The lowest BCUT2D eigenvalue weighted by atomic mass is 9.76. The second-order valence-electron chi connectivity index (χ2n) is 8.52. The zero-order chi connectivity index (χ0) is 20.4. The van der Waals surface area contributed by atoms with Gasteiger partial charge in [-0.1, -0.05) is 0 Å². The predicted octanol–water partition coefficient (Wildman–Crippen LogP) is 1.65. The fourth-order valence-electron chi connectivity index (χ4n) is 5.31. The molecule has 2 amide bonds. The Labute approximate surface area is 172 Å². The number of methoxy groups -OCH3 is 2. The molecule has 0 unspecified atom stereocenters. The van der Waals surface area contributed by atoms with Gasteiger partial charge in [-0.25, -0.2) is 0 Å². The van der Waals surface area contributed by atoms with Crippen LogP contribution in [0.1, 0.15) is 31.2 Å². The molecule has 2 bridgehead atoms. The number of benzene rings is 1. The maximum atomic E-state index is 12.6. The van der Waals surface area contributed by atoms with E-state index in [-0.39, 0.29) is 5.91 Å². The number of rotatable bonds is 6. The van der Waals surface area contributed by atoms with Crippen molar-refractivity contribution >= 4 is 11.8 Å². The molecule has 3 aliphatic heterocycles. The second kappa shape index (κ2) is 8.61. The molecule has 3 atom stereocenters. The molecule has 0 radical (unpaired) electrons. The van der Waals surface area contributed by atoms with E-state index in [4.69, 9.17) is 9.47 Å². The summed E-state index contributed by atoms with van der Waals surface area (Å²) in [7, 11) is 3.25. The molecule has 4 rings (SSSR count). The van der Waals surface area contributed by atoms with E-state index in [1.54, 1.807) is 14.2 Å². The zero-order valence-electron chi connectivity index (χ0n) is 17.4. The van der Waals surface area contributed by atoms with Gasteiger partial charge in [0, 0.05) is 44.2 Å². The van der Waals surface area contributed by atoms with E-state index in [2.05, 4.69) is 15.1 Å². The Morgan fingerprint density at radius 1 is 1.21 bits per heavy atom. The van der Waals surface area contributed by atoms with Crippen molar-refractivity contribution in [3.05, 3.63) is 23.8 Å². The number of carbonyl (C=O) groups is 2. The summed E-state index contributed by atoms with van der Waals surface area (Å²) in [6.07, 6.45) is 4.01. The van der Waals surface area contributed by atoms with Crippen LogP contribution in [0, 0.1) is 11.8 Å². The lowest BCUT2D eigenvalue weighted by molar-refractivity contribution is -0.145. The van der Waals surface area contributed by atoms with Gasteiger partial charge in [0.25, 0.3) is 0 Å². The van der Waals surface area contributed by atoms with Crippen molar-refractivity contribution in [2.75, 3.05) is 40.4 Å². The van der Waals surface area contributed by atoms with Crippen molar-refractivity contribution in [2.24, 2.45) is 11.8 Å². The Balaban J connectivity index is 1.32. The van der Waals surface area contributed by atoms with Crippen molar-refractivity contribution in [3.63, 3.8) is 0 Å². The Morgan fingerprint density at radius 3 is 2.86 bits per heavy atom. The lowest BCUT2D eigenvalue weighted by Crippen LogP contribution is -2.61. The number of nitrogens with zero attached hydrogens (tertiary/aromatic N) is 2. The van der Waals surface area contributed by atoms with Crippen molar-refractivity contribution in [1.29, 1.82) is 0 Å². The van der Waals surface area contributed by atoms with Crippen LogP contribution in [0.3, 0.4) is 0 Å². The summed E-state index contributed by atoms with van der Waals surface area (Å²) in [5.74, 6) is 2.81. The molecule has 0 aromatic heterocycles. The first-order valence-electron chi connectivity index (χ1n) is 10.6. The van der Waals surface area contributed by atoms with Crippen LogP contribution in [-0.4, -0.2) is 68.1 Å². The van der Waals surface area contributed by atoms with Gasteiger partial charge in [-0.15, -0.1) is 0 Å². The van der Waals surface area contributed by atoms with Crippen LogP contribution in [0.15, 0.2) is 18.2 Å². The lowest BCUT2D eigenvalue weighted by Gasteiger charge is -2.52. The van der Waals surface area contributed by atoms with Gasteiger partial charge < -0.3 is 19.7 Å². The molecule has 158 valence electrons. The predicted molar refractivity (Wildman–Crippen MR) is 109 cm³/mol. The molecule has 3 aliphatic rings. The van der Waals surface area contributed by atoms with E-state index in [0.717, 1.165) is 49.5 Å². The number of hydrogen-bond acceptors (Lipinski definition) is 5.